The SMILES string of the molecule is COc1ccc(C(C#N)Nc2cc(C)cc(F)c2)cn1. The number of halogens is 1. The van der Waals surface area contributed by atoms with Crippen LogP contribution < -0.4 is 10.1 Å². The van der Waals surface area contributed by atoms with Gasteiger partial charge in [-0.05, 0) is 36.8 Å². The Labute approximate surface area is 116 Å². The number of nitrogens with zero attached hydrogens (tertiary/aromatic N) is 2. The van der Waals surface area contributed by atoms with Gasteiger partial charge in [0.15, 0.2) is 0 Å². The number of aryl methyl sites for hydroxylation is 1. The molecule has 0 saturated heterocycles. The monoisotopic (exact) mass is 271 g/mol. The standard InChI is InChI=1S/C15H14FN3O/c1-10-5-12(16)7-13(6-10)19-14(8-17)11-3-4-15(20-2)18-9-11/h3-7,9,14,19H,1-2H3. The van der Waals surface area contributed by atoms with E-state index in [1.54, 1.807) is 31.3 Å². The molecule has 1 aromatic heterocycles. The molecule has 0 radical (unpaired) electrons. The van der Waals surface area contributed by atoms with Crippen LogP contribution in [0.2, 0.25) is 0 Å². The number of ether oxygens (including phenoxy) is 1. The van der Waals surface area contributed by atoms with E-state index in [4.69, 9.17) is 4.74 Å². The zero-order valence-corrected chi connectivity index (χ0v) is 11.2. The van der Waals surface area contributed by atoms with E-state index in [0.717, 1.165) is 5.56 Å². The summed E-state index contributed by atoms with van der Waals surface area (Å²) in [7, 11) is 1.53. The fraction of sp³-hybridized carbons (Fsp3) is 0.200. The Morgan fingerprint density at radius 3 is 2.70 bits per heavy atom. The average molecular weight is 271 g/mol. The molecule has 0 amide bonds. The summed E-state index contributed by atoms with van der Waals surface area (Å²) in [5.41, 5.74) is 2.04. The first-order valence-electron chi connectivity index (χ1n) is 6.05. The topological polar surface area (TPSA) is 57.9 Å². The number of nitrogens with one attached hydrogen (secondary N) is 1. The van der Waals surface area contributed by atoms with Gasteiger partial charge >= 0.3 is 0 Å². The lowest BCUT2D eigenvalue weighted by atomic mass is 10.1. The smallest absolute Gasteiger partial charge is 0.212 e. The number of hydrogen-bond acceptors (Lipinski definition) is 4. The molecule has 2 aromatic rings. The molecule has 0 aliphatic carbocycles. The maximum Gasteiger partial charge on any atom is 0.212 e. The van der Waals surface area contributed by atoms with Crippen LogP contribution in [0.25, 0.3) is 0 Å². The van der Waals surface area contributed by atoms with Crippen LogP contribution in [0.5, 0.6) is 5.88 Å². The van der Waals surface area contributed by atoms with Gasteiger partial charge in [-0.2, -0.15) is 5.26 Å². The molecule has 1 unspecified atom stereocenters. The van der Waals surface area contributed by atoms with Crippen LogP contribution in [0.4, 0.5) is 10.1 Å². The van der Waals surface area contributed by atoms with E-state index < -0.39 is 6.04 Å². The van der Waals surface area contributed by atoms with Crippen molar-refractivity contribution in [2.45, 2.75) is 13.0 Å². The van der Waals surface area contributed by atoms with E-state index in [-0.39, 0.29) is 5.82 Å². The van der Waals surface area contributed by atoms with E-state index in [9.17, 15) is 9.65 Å². The highest BCUT2D eigenvalue weighted by molar-refractivity contribution is 5.49. The summed E-state index contributed by atoms with van der Waals surface area (Å²) < 4.78 is 18.3. The normalized spacial score (nSPS) is 11.5. The van der Waals surface area contributed by atoms with Gasteiger partial charge in [0, 0.05) is 23.5 Å². The molecular formula is C15H14FN3O. The zero-order chi connectivity index (χ0) is 14.5. The molecule has 5 heteroatoms. The van der Waals surface area contributed by atoms with E-state index >= 15 is 0 Å². The maximum atomic E-state index is 13.3. The summed E-state index contributed by atoms with van der Waals surface area (Å²) in [5.74, 6) is 0.143. The molecular weight excluding hydrogens is 257 g/mol. The molecule has 1 atom stereocenters. The number of benzene rings is 1. The lowest BCUT2D eigenvalue weighted by Crippen LogP contribution is -2.09. The summed E-state index contributed by atoms with van der Waals surface area (Å²) in [5, 5.41) is 12.2. The molecule has 2 rings (SSSR count). The Morgan fingerprint density at radius 2 is 2.15 bits per heavy atom. The van der Waals surface area contributed by atoms with Crippen molar-refractivity contribution < 1.29 is 9.13 Å². The number of aromatic nitrogens is 1. The molecule has 20 heavy (non-hydrogen) atoms. The summed E-state index contributed by atoms with van der Waals surface area (Å²) in [4.78, 5) is 4.06. The van der Waals surface area contributed by atoms with Crippen molar-refractivity contribution >= 4 is 5.69 Å². The molecule has 0 spiro atoms. The molecule has 0 aliphatic rings. The average Bonchev–Trinajstić information content (AvgIpc) is 2.44. The minimum Gasteiger partial charge on any atom is -0.481 e. The highest BCUT2D eigenvalue weighted by Crippen LogP contribution is 2.21. The minimum atomic E-state index is -0.602. The molecule has 4 nitrogen and oxygen atoms in total. The van der Waals surface area contributed by atoms with E-state index in [0.29, 0.717) is 17.1 Å². The second-order valence-electron chi connectivity index (χ2n) is 4.36. The molecule has 1 aromatic carbocycles. The first kappa shape index (κ1) is 13.8. The number of pyridine rings is 1. The summed E-state index contributed by atoms with van der Waals surface area (Å²) in [6.07, 6.45) is 1.56. The summed E-state index contributed by atoms with van der Waals surface area (Å²) in [6.45, 7) is 1.80. The van der Waals surface area contributed by atoms with Crippen LogP contribution in [0.15, 0.2) is 36.5 Å². The second-order valence-corrected chi connectivity index (χ2v) is 4.36. The van der Waals surface area contributed by atoms with Gasteiger partial charge in [0.2, 0.25) is 5.88 Å². The van der Waals surface area contributed by atoms with Crippen LogP contribution >= 0.6 is 0 Å². The predicted molar refractivity (Wildman–Crippen MR) is 73.9 cm³/mol. The van der Waals surface area contributed by atoms with Gasteiger partial charge in [0.1, 0.15) is 11.9 Å². The van der Waals surface area contributed by atoms with Gasteiger partial charge in [0.05, 0.1) is 13.2 Å². The minimum absolute atomic E-state index is 0.336. The lowest BCUT2D eigenvalue weighted by Gasteiger charge is -2.14. The Bertz CT molecular complexity index is 614. The van der Waals surface area contributed by atoms with Crippen molar-refractivity contribution in [3.63, 3.8) is 0 Å². The third-order valence-corrected chi connectivity index (χ3v) is 2.78. The number of nitriles is 1. The van der Waals surface area contributed by atoms with Crippen molar-refractivity contribution in [2.75, 3.05) is 12.4 Å². The van der Waals surface area contributed by atoms with E-state index in [1.165, 1.54) is 19.2 Å². The fourth-order valence-electron chi connectivity index (χ4n) is 1.86. The Morgan fingerprint density at radius 1 is 1.35 bits per heavy atom. The molecule has 0 saturated carbocycles. The summed E-state index contributed by atoms with van der Waals surface area (Å²) >= 11 is 0. The Hall–Kier alpha value is -2.61. The first-order chi connectivity index (χ1) is 9.62. The highest BCUT2D eigenvalue weighted by atomic mass is 19.1. The van der Waals surface area contributed by atoms with Gasteiger partial charge < -0.3 is 10.1 Å². The fourth-order valence-corrected chi connectivity index (χ4v) is 1.86. The molecule has 1 N–H and O–H groups in total. The number of anilines is 1. The van der Waals surface area contributed by atoms with Crippen LogP contribution in [0, 0.1) is 24.1 Å². The van der Waals surface area contributed by atoms with Crippen LogP contribution in [0.3, 0.4) is 0 Å². The highest BCUT2D eigenvalue weighted by Gasteiger charge is 2.11. The van der Waals surface area contributed by atoms with Crippen LogP contribution in [0.1, 0.15) is 17.2 Å². The van der Waals surface area contributed by atoms with Crippen molar-refractivity contribution in [3.05, 3.63) is 53.5 Å². The number of hydrogen-bond donors (Lipinski definition) is 1. The number of methoxy groups -OCH3 is 1. The lowest BCUT2D eigenvalue weighted by molar-refractivity contribution is 0.397. The predicted octanol–water partition coefficient (Wildman–Crippen LogP) is 3.21. The number of rotatable bonds is 4. The van der Waals surface area contributed by atoms with Gasteiger partial charge in [-0.1, -0.05) is 0 Å². The molecule has 1 heterocycles. The second kappa shape index (κ2) is 6.02. The van der Waals surface area contributed by atoms with Crippen molar-refractivity contribution in [1.82, 2.24) is 4.98 Å². The molecule has 0 fully saturated rings. The van der Waals surface area contributed by atoms with Crippen molar-refractivity contribution in [3.8, 4) is 11.9 Å². The van der Waals surface area contributed by atoms with Crippen molar-refractivity contribution in [1.29, 1.82) is 5.26 Å². The third-order valence-electron chi connectivity index (χ3n) is 2.78. The van der Waals surface area contributed by atoms with Gasteiger partial charge in [-0.15, -0.1) is 0 Å². The molecule has 0 aliphatic heterocycles. The van der Waals surface area contributed by atoms with Gasteiger partial charge in [0.25, 0.3) is 0 Å². The van der Waals surface area contributed by atoms with Crippen LogP contribution in [-0.2, 0) is 0 Å². The first-order valence-corrected chi connectivity index (χ1v) is 6.05. The Balaban J connectivity index is 2.22. The largest absolute Gasteiger partial charge is 0.481 e. The van der Waals surface area contributed by atoms with Crippen molar-refractivity contribution in [2.24, 2.45) is 0 Å². The van der Waals surface area contributed by atoms with Crippen LogP contribution in [-0.4, -0.2) is 12.1 Å². The Kier molecular flexibility index (Phi) is 4.16. The van der Waals surface area contributed by atoms with Gasteiger partial charge in [-0.3, -0.25) is 0 Å². The zero-order valence-electron chi connectivity index (χ0n) is 11.2. The maximum absolute atomic E-state index is 13.3. The van der Waals surface area contributed by atoms with E-state index in [1.807, 2.05) is 0 Å². The quantitative estimate of drug-likeness (QED) is 0.927. The molecule has 102 valence electrons. The summed E-state index contributed by atoms with van der Waals surface area (Å²) in [6, 6.07) is 9.52. The third kappa shape index (κ3) is 3.23. The van der Waals surface area contributed by atoms with Gasteiger partial charge in [-0.25, -0.2) is 9.37 Å². The molecule has 0 bridgehead atoms. The van der Waals surface area contributed by atoms with E-state index in [2.05, 4.69) is 16.4 Å².